The normalized spacial score (nSPS) is 36.9. The molecule has 0 aromatic carbocycles. The van der Waals surface area contributed by atoms with E-state index in [2.05, 4.69) is 19.1 Å². The summed E-state index contributed by atoms with van der Waals surface area (Å²) < 4.78 is 56.9. The highest BCUT2D eigenvalue weighted by atomic mass is 19.4. The molecule has 0 aromatic heterocycles. The molecular weight excluding hydrogens is 392 g/mol. The summed E-state index contributed by atoms with van der Waals surface area (Å²) in [6, 6.07) is 0. The minimum Gasteiger partial charge on any atom is -0.378 e. The van der Waals surface area contributed by atoms with E-state index in [0.29, 0.717) is 36.7 Å². The predicted molar refractivity (Wildman–Crippen MR) is 113 cm³/mol. The van der Waals surface area contributed by atoms with Crippen LogP contribution in [0.4, 0.5) is 17.6 Å². The standard InChI is InChI=1S/C25H38F4O/c1-2-3-20-10-15-24(30-17-20)22-13-8-19(9-14-22)5-4-18-6-11-21(12-7-18)23(26)16-25(27,28)29/h4-5,16,18-22,24H,2-3,6-15,17H2,1H3. The lowest BCUT2D eigenvalue weighted by Gasteiger charge is -2.37. The Morgan fingerprint density at radius 2 is 1.47 bits per heavy atom. The second-order valence-corrected chi connectivity index (χ2v) is 9.85. The molecule has 1 heterocycles. The summed E-state index contributed by atoms with van der Waals surface area (Å²) in [6.07, 6.45) is 12.9. The van der Waals surface area contributed by atoms with Gasteiger partial charge in [-0.25, -0.2) is 4.39 Å². The van der Waals surface area contributed by atoms with E-state index < -0.39 is 17.9 Å². The van der Waals surface area contributed by atoms with Crippen molar-refractivity contribution in [3.05, 3.63) is 24.1 Å². The Kier molecular flexibility index (Phi) is 8.85. The van der Waals surface area contributed by atoms with Gasteiger partial charge in [-0.1, -0.05) is 25.5 Å². The molecule has 1 nitrogen and oxygen atoms in total. The van der Waals surface area contributed by atoms with Crippen molar-refractivity contribution in [2.75, 3.05) is 6.61 Å². The van der Waals surface area contributed by atoms with Crippen LogP contribution < -0.4 is 0 Å². The van der Waals surface area contributed by atoms with Crippen molar-refractivity contribution in [1.29, 1.82) is 0 Å². The van der Waals surface area contributed by atoms with Gasteiger partial charge in [-0.05, 0) is 94.3 Å². The topological polar surface area (TPSA) is 9.23 Å². The monoisotopic (exact) mass is 430 g/mol. The number of halogens is 4. The van der Waals surface area contributed by atoms with E-state index in [9.17, 15) is 17.6 Å². The highest BCUT2D eigenvalue weighted by molar-refractivity contribution is 5.05. The predicted octanol–water partition coefficient (Wildman–Crippen LogP) is 8.17. The van der Waals surface area contributed by atoms with Crippen molar-refractivity contribution < 1.29 is 22.3 Å². The van der Waals surface area contributed by atoms with Crippen molar-refractivity contribution >= 4 is 0 Å². The summed E-state index contributed by atoms with van der Waals surface area (Å²) in [6.45, 7) is 3.19. The highest BCUT2D eigenvalue weighted by Crippen LogP contribution is 2.39. The van der Waals surface area contributed by atoms with Gasteiger partial charge in [0.1, 0.15) is 5.83 Å². The Morgan fingerprint density at radius 1 is 0.867 bits per heavy atom. The molecule has 3 aliphatic rings. The summed E-state index contributed by atoms with van der Waals surface area (Å²) in [7, 11) is 0. The second-order valence-electron chi connectivity index (χ2n) is 9.85. The van der Waals surface area contributed by atoms with Gasteiger partial charge < -0.3 is 4.74 Å². The van der Waals surface area contributed by atoms with Gasteiger partial charge in [0.2, 0.25) is 0 Å². The molecule has 3 rings (SSSR count). The summed E-state index contributed by atoms with van der Waals surface area (Å²) in [4.78, 5) is 0. The van der Waals surface area contributed by atoms with Crippen LogP contribution >= 0.6 is 0 Å². The summed E-state index contributed by atoms with van der Waals surface area (Å²) in [5, 5.41) is 0. The van der Waals surface area contributed by atoms with Gasteiger partial charge >= 0.3 is 6.18 Å². The molecule has 0 amide bonds. The molecule has 1 saturated heterocycles. The zero-order valence-corrected chi connectivity index (χ0v) is 18.3. The molecule has 1 aliphatic heterocycles. The van der Waals surface area contributed by atoms with Gasteiger partial charge in [-0.15, -0.1) is 0 Å². The summed E-state index contributed by atoms with van der Waals surface area (Å²) in [5.74, 6) is 0.912. The third kappa shape index (κ3) is 7.39. The summed E-state index contributed by atoms with van der Waals surface area (Å²) in [5.41, 5.74) is 0. The van der Waals surface area contributed by atoms with Crippen LogP contribution in [0.3, 0.4) is 0 Å². The molecule has 3 fully saturated rings. The first-order valence-electron chi connectivity index (χ1n) is 12.1. The molecule has 0 bridgehead atoms. The maximum Gasteiger partial charge on any atom is 0.412 e. The van der Waals surface area contributed by atoms with E-state index in [4.69, 9.17) is 4.74 Å². The number of rotatable bonds is 6. The molecule has 2 unspecified atom stereocenters. The van der Waals surface area contributed by atoms with Crippen LogP contribution in [0.1, 0.15) is 84.0 Å². The fourth-order valence-electron chi connectivity index (χ4n) is 5.72. The molecule has 2 aliphatic carbocycles. The Hall–Kier alpha value is -0.840. The van der Waals surface area contributed by atoms with Gasteiger partial charge in [0, 0.05) is 12.5 Å². The lowest BCUT2D eigenvalue weighted by Crippen LogP contribution is -2.34. The van der Waals surface area contributed by atoms with Crippen LogP contribution in [0.2, 0.25) is 0 Å². The van der Waals surface area contributed by atoms with Crippen molar-refractivity contribution in [3.8, 4) is 0 Å². The van der Waals surface area contributed by atoms with Crippen molar-refractivity contribution in [2.24, 2.45) is 29.6 Å². The Labute approximate surface area is 179 Å². The first kappa shape index (κ1) is 23.8. The van der Waals surface area contributed by atoms with Crippen LogP contribution in [0.5, 0.6) is 0 Å². The van der Waals surface area contributed by atoms with Gasteiger partial charge in [0.15, 0.2) is 0 Å². The largest absolute Gasteiger partial charge is 0.412 e. The van der Waals surface area contributed by atoms with Crippen LogP contribution in [-0.4, -0.2) is 18.9 Å². The van der Waals surface area contributed by atoms with Crippen LogP contribution in [-0.2, 0) is 4.74 Å². The zero-order chi connectivity index (χ0) is 21.6. The fourth-order valence-corrected chi connectivity index (χ4v) is 5.72. The first-order valence-corrected chi connectivity index (χ1v) is 12.1. The molecule has 0 N–H and O–H groups in total. The smallest absolute Gasteiger partial charge is 0.378 e. The maximum absolute atomic E-state index is 13.8. The molecular formula is C25H38F4O. The maximum atomic E-state index is 13.8. The Morgan fingerprint density at radius 3 is 1.97 bits per heavy atom. The lowest BCUT2D eigenvalue weighted by molar-refractivity contribution is -0.0821. The fraction of sp³-hybridized carbons (Fsp3) is 0.840. The van der Waals surface area contributed by atoms with Crippen LogP contribution in [0.25, 0.3) is 0 Å². The third-order valence-corrected chi connectivity index (χ3v) is 7.56. The average molecular weight is 431 g/mol. The van der Waals surface area contributed by atoms with E-state index in [0.717, 1.165) is 25.4 Å². The zero-order valence-electron chi connectivity index (χ0n) is 18.3. The van der Waals surface area contributed by atoms with Crippen molar-refractivity contribution in [2.45, 2.75) is 96.3 Å². The van der Waals surface area contributed by atoms with Gasteiger partial charge in [-0.2, -0.15) is 13.2 Å². The van der Waals surface area contributed by atoms with E-state index in [1.807, 2.05) is 0 Å². The van der Waals surface area contributed by atoms with Crippen molar-refractivity contribution in [3.63, 3.8) is 0 Å². The SMILES string of the molecule is CCCC1CCC(C2CCC(C=CC3CCC(C(F)=CC(F)(F)F)CC3)CC2)OC1. The molecule has 2 saturated carbocycles. The average Bonchev–Trinajstić information content (AvgIpc) is 2.73. The number of hydrogen-bond donors (Lipinski definition) is 0. The first-order chi connectivity index (χ1) is 14.3. The highest BCUT2D eigenvalue weighted by Gasteiger charge is 2.32. The van der Waals surface area contributed by atoms with Gasteiger partial charge in [-0.3, -0.25) is 0 Å². The van der Waals surface area contributed by atoms with E-state index in [-0.39, 0.29) is 6.08 Å². The van der Waals surface area contributed by atoms with Crippen LogP contribution in [0, 0.1) is 29.6 Å². The van der Waals surface area contributed by atoms with Crippen molar-refractivity contribution in [1.82, 2.24) is 0 Å². The molecule has 172 valence electrons. The Bertz CT molecular complexity index is 558. The molecule has 0 aromatic rings. The molecule has 0 spiro atoms. The third-order valence-electron chi connectivity index (χ3n) is 7.56. The quantitative estimate of drug-likeness (QED) is 0.305. The van der Waals surface area contributed by atoms with Gasteiger partial charge in [0.05, 0.1) is 12.2 Å². The molecule has 0 radical (unpaired) electrons. The van der Waals surface area contributed by atoms with E-state index in [1.54, 1.807) is 0 Å². The second kappa shape index (κ2) is 11.2. The number of ether oxygens (including phenoxy) is 1. The number of hydrogen-bond acceptors (Lipinski definition) is 1. The Balaban J connectivity index is 1.35. The van der Waals surface area contributed by atoms with E-state index >= 15 is 0 Å². The van der Waals surface area contributed by atoms with E-state index in [1.165, 1.54) is 51.4 Å². The van der Waals surface area contributed by atoms with Crippen LogP contribution in [0.15, 0.2) is 24.1 Å². The molecule has 30 heavy (non-hydrogen) atoms. The number of allylic oxidation sites excluding steroid dienone is 4. The number of alkyl halides is 3. The molecule has 2 atom stereocenters. The van der Waals surface area contributed by atoms with Gasteiger partial charge in [0.25, 0.3) is 0 Å². The minimum absolute atomic E-state index is 0.160. The molecule has 5 heteroatoms. The lowest BCUT2D eigenvalue weighted by atomic mass is 9.76. The minimum atomic E-state index is -4.56. The summed E-state index contributed by atoms with van der Waals surface area (Å²) >= 11 is 0.